The van der Waals surface area contributed by atoms with E-state index in [-0.39, 0.29) is 30.2 Å². The standard InChI is InChI=1S/C14H19FN2O/c15-13-4-2-1-3-10(13)9-14(18)17-12-7-5-11(16)6-8-12/h1-4,11-12H,5-9,16H2,(H,17,18). The number of rotatable bonds is 3. The highest BCUT2D eigenvalue weighted by atomic mass is 19.1. The van der Waals surface area contributed by atoms with Crippen molar-refractivity contribution in [2.45, 2.75) is 44.2 Å². The SMILES string of the molecule is NC1CCC(NC(=O)Cc2ccccc2F)CC1. The average molecular weight is 250 g/mol. The van der Waals surface area contributed by atoms with Crippen LogP contribution in [0, 0.1) is 5.82 Å². The highest BCUT2D eigenvalue weighted by molar-refractivity contribution is 5.78. The summed E-state index contributed by atoms with van der Waals surface area (Å²) in [6.45, 7) is 0. The molecular weight excluding hydrogens is 231 g/mol. The van der Waals surface area contributed by atoms with Gasteiger partial charge in [0, 0.05) is 12.1 Å². The second-order valence-electron chi connectivity index (χ2n) is 4.95. The zero-order valence-corrected chi connectivity index (χ0v) is 10.4. The van der Waals surface area contributed by atoms with Crippen LogP contribution in [0.25, 0.3) is 0 Å². The molecule has 1 saturated carbocycles. The van der Waals surface area contributed by atoms with Gasteiger partial charge in [0.1, 0.15) is 5.82 Å². The van der Waals surface area contributed by atoms with E-state index in [1.54, 1.807) is 18.2 Å². The lowest BCUT2D eigenvalue weighted by Crippen LogP contribution is -2.41. The molecule has 2 rings (SSSR count). The molecule has 0 unspecified atom stereocenters. The minimum Gasteiger partial charge on any atom is -0.353 e. The number of carbonyl (C=O) groups excluding carboxylic acids is 1. The Balaban J connectivity index is 1.84. The highest BCUT2D eigenvalue weighted by Crippen LogP contribution is 2.17. The molecule has 1 aliphatic rings. The van der Waals surface area contributed by atoms with E-state index in [1.807, 2.05) is 0 Å². The fourth-order valence-electron chi connectivity index (χ4n) is 2.36. The van der Waals surface area contributed by atoms with Crippen molar-refractivity contribution in [1.82, 2.24) is 5.32 Å². The fourth-order valence-corrected chi connectivity index (χ4v) is 2.36. The van der Waals surface area contributed by atoms with Crippen molar-refractivity contribution < 1.29 is 9.18 Å². The van der Waals surface area contributed by atoms with E-state index >= 15 is 0 Å². The molecule has 1 amide bonds. The first kappa shape index (κ1) is 13.0. The van der Waals surface area contributed by atoms with Crippen LogP contribution in [0.2, 0.25) is 0 Å². The Hall–Kier alpha value is -1.42. The van der Waals surface area contributed by atoms with Gasteiger partial charge >= 0.3 is 0 Å². The minimum atomic E-state index is -0.321. The first-order valence-corrected chi connectivity index (χ1v) is 6.43. The Labute approximate surface area is 107 Å². The lowest BCUT2D eigenvalue weighted by Gasteiger charge is -2.26. The summed E-state index contributed by atoms with van der Waals surface area (Å²) in [4.78, 5) is 11.8. The first-order valence-electron chi connectivity index (χ1n) is 6.43. The largest absolute Gasteiger partial charge is 0.353 e. The van der Waals surface area contributed by atoms with Gasteiger partial charge in [0.2, 0.25) is 5.91 Å². The van der Waals surface area contributed by atoms with E-state index in [0.717, 1.165) is 25.7 Å². The predicted octanol–water partition coefficient (Wildman–Crippen LogP) is 1.75. The van der Waals surface area contributed by atoms with Crippen LogP contribution < -0.4 is 11.1 Å². The van der Waals surface area contributed by atoms with Crippen LogP contribution in [0.5, 0.6) is 0 Å². The maximum atomic E-state index is 13.4. The number of nitrogens with two attached hydrogens (primary N) is 1. The summed E-state index contributed by atoms with van der Waals surface area (Å²) >= 11 is 0. The van der Waals surface area contributed by atoms with E-state index in [2.05, 4.69) is 5.32 Å². The summed E-state index contributed by atoms with van der Waals surface area (Å²) in [6, 6.07) is 6.85. The van der Waals surface area contributed by atoms with Crippen molar-refractivity contribution in [1.29, 1.82) is 0 Å². The molecule has 4 heteroatoms. The van der Waals surface area contributed by atoms with Gasteiger partial charge in [-0.15, -0.1) is 0 Å². The van der Waals surface area contributed by atoms with Crippen LogP contribution in [0.15, 0.2) is 24.3 Å². The molecule has 1 aromatic rings. The summed E-state index contributed by atoms with van der Waals surface area (Å²) in [5.74, 6) is -0.432. The van der Waals surface area contributed by atoms with Crippen LogP contribution in [0.3, 0.4) is 0 Å². The number of halogens is 1. The number of nitrogens with one attached hydrogen (secondary N) is 1. The summed E-state index contributed by atoms with van der Waals surface area (Å²) < 4.78 is 13.4. The molecule has 18 heavy (non-hydrogen) atoms. The van der Waals surface area contributed by atoms with Gasteiger partial charge < -0.3 is 11.1 Å². The van der Waals surface area contributed by atoms with Crippen LogP contribution in [0.1, 0.15) is 31.2 Å². The van der Waals surface area contributed by atoms with Crippen molar-refractivity contribution in [3.05, 3.63) is 35.6 Å². The Morgan fingerprint density at radius 2 is 1.94 bits per heavy atom. The van der Waals surface area contributed by atoms with Crippen molar-refractivity contribution in [3.8, 4) is 0 Å². The van der Waals surface area contributed by atoms with Gasteiger partial charge in [-0.2, -0.15) is 0 Å². The lowest BCUT2D eigenvalue weighted by atomic mass is 9.91. The minimum absolute atomic E-state index is 0.106. The number of hydrogen-bond acceptors (Lipinski definition) is 2. The normalized spacial score (nSPS) is 23.7. The second kappa shape index (κ2) is 5.96. The summed E-state index contributed by atoms with van der Waals surface area (Å²) in [5.41, 5.74) is 6.26. The van der Waals surface area contributed by atoms with Crippen molar-refractivity contribution in [2.75, 3.05) is 0 Å². The molecule has 3 N–H and O–H groups in total. The van der Waals surface area contributed by atoms with E-state index in [9.17, 15) is 9.18 Å². The van der Waals surface area contributed by atoms with Crippen LogP contribution in [0.4, 0.5) is 4.39 Å². The predicted molar refractivity (Wildman–Crippen MR) is 68.5 cm³/mol. The third-order valence-electron chi connectivity index (χ3n) is 3.45. The number of hydrogen-bond donors (Lipinski definition) is 2. The Kier molecular flexibility index (Phi) is 4.31. The van der Waals surface area contributed by atoms with E-state index < -0.39 is 0 Å². The molecule has 0 aromatic heterocycles. The molecule has 0 atom stereocenters. The molecule has 0 bridgehead atoms. The number of benzene rings is 1. The van der Waals surface area contributed by atoms with Gasteiger partial charge in [0.25, 0.3) is 0 Å². The Bertz CT molecular complexity index is 414. The fraction of sp³-hybridized carbons (Fsp3) is 0.500. The van der Waals surface area contributed by atoms with Crippen molar-refractivity contribution in [2.24, 2.45) is 5.73 Å². The third kappa shape index (κ3) is 3.53. The number of carbonyl (C=O) groups is 1. The quantitative estimate of drug-likeness (QED) is 0.858. The monoisotopic (exact) mass is 250 g/mol. The smallest absolute Gasteiger partial charge is 0.224 e. The Morgan fingerprint density at radius 1 is 1.28 bits per heavy atom. The molecule has 3 nitrogen and oxygen atoms in total. The van der Waals surface area contributed by atoms with Gasteiger partial charge in [0.05, 0.1) is 6.42 Å². The molecule has 0 saturated heterocycles. The molecule has 98 valence electrons. The van der Waals surface area contributed by atoms with Crippen LogP contribution in [-0.4, -0.2) is 18.0 Å². The van der Waals surface area contributed by atoms with Gasteiger partial charge in [-0.05, 0) is 37.3 Å². The van der Waals surface area contributed by atoms with Gasteiger partial charge in [-0.1, -0.05) is 18.2 Å². The molecule has 0 heterocycles. The molecule has 1 fully saturated rings. The highest BCUT2D eigenvalue weighted by Gasteiger charge is 2.20. The van der Waals surface area contributed by atoms with Crippen LogP contribution >= 0.6 is 0 Å². The van der Waals surface area contributed by atoms with Crippen molar-refractivity contribution >= 4 is 5.91 Å². The number of amides is 1. The summed E-state index contributed by atoms with van der Waals surface area (Å²) in [7, 11) is 0. The van der Waals surface area contributed by atoms with Gasteiger partial charge in [0.15, 0.2) is 0 Å². The van der Waals surface area contributed by atoms with Crippen molar-refractivity contribution in [3.63, 3.8) is 0 Å². The zero-order chi connectivity index (χ0) is 13.0. The van der Waals surface area contributed by atoms with E-state index in [0.29, 0.717) is 5.56 Å². The zero-order valence-electron chi connectivity index (χ0n) is 10.4. The topological polar surface area (TPSA) is 55.1 Å². The van der Waals surface area contributed by atoms with Crippen LogP contribution in [-0.2, 0) is 11.2 Å². The average Bonchev–Trinajstić information content (AvgIpc) is 2.35. The van der Waals surface area contributed by atoms with E-state index in [4.69, 9.17) is 5.73 Å². The molecular formula is C14H19FN2O. The first-order chi connectivity index (χ1) is 8.65. The molecule has 0 radical (unpaired) electrons. The maximum absolute atomic E-state index is 13.4. The Morgan fingerprint density at radius 3 is 2.61 bits per heavy atom. The van der Waals surface area contributed by atoms with Gasteiger partial charge in [-0.25, -0.2) is 4.39 Å². The third-order valence-corrected chi connectivity index (χ3v) is 3.45. The molecule has 0 spiro atoms. The molecule has 0 aliphatic heterocycles. The summed E-state index contributed by atoms with van der Waals surface area (Å²) in [5, 5.41) is 2.95. The van der Waals surface area contributed by atoms with E-state index in [1.165, 1.54) is 6.07 Å². The maximum Gasteiger partial charge on any atom is 0.224 e. The lowest BCUT2D eigenvalue weighted by molar-refractivity contribution is -0.121. The summed E-state index contributed by atoms with van der Waals surface area (Å²) in [6.07, 6.45) is 3.85. The van der Waals surface area contributed by atoms with Gasteiger partial charge in [-0.3, -0.25) is 4.79 Å². The molecule has 1 aromatic carbocycles. The second-order valence-corrected chi connectivity index (χ2v) is 4.95. The molecule has 1 aliphatic carbocycles.